The summed E-state index contributed by atoms with van der Waals surface area (Å²) in [5.74, 6) is 1.96. The number of aryl methyl sites for hydroxylation is 1. The molecule has 2 aliphatic heterocycles. The highest BCUT2D eigenvalue weighted by atomic mass is 32.2. The minimum absolute atomic E-state index is 0.288. The Labute approximate surface area is 169 Å². The highest BCUT2D eigenvalue weighted by molar-refractivity contribution is 7.99. The van der Waals surface area contributed by atoms with Gasteiger partial charge in [0, 0.05) is 43.8 Å². The molecule has 150 valence electrons. The Hall–Kier alpha value is -1.71. The number of benzene rings is 1. The number of hydrogen-bond donors (Lipinski definition) is 0. The standard InChI is InChI=1S/C19H23N3O4S2/c1-21-5-4-20-19(21)27-15-8-13-11-22(12-14(13)9-15)28(23,24)16-2-3-17-18(10-16)26-7-6-25-17/h2-5,10,13-15H,6-9,11-12H2,1H3/t13-,14-/m1/s1. The number of fused-ring (bicyclic) bond motifs is 2. The molecule has 0 spiro atoms. The molecule has 1 aromatic heterocycles. The van der Waals surface area contributed by atoms with E-state index in [0.29, 0.717) is 54.9 Å². The van der Waals surface area contributed by atoms with Crippen LogP contribution < -0.4 is 9.47 Å². The zero-order valence-corrected chi connectivity index (χ0v) is 17.3. The molecule has 3 heterocycles. The van der Waals surface area contributed by atoms with Gasteiger partial charge in [-0.25, -0.2) is 13.4 Å². The highest BCUT2D eigenvalue weighted by Gasteiger charge is 2.45. The summed E-state index contributed by atoms with van der Waals surface area (Å²) >= 11 is 1.82. The summed E-state index contributed by atoms with van der Waals surface area (Å²) in [4.78, 5) is 4.69. The summed E-state index contributed by atoms with van der Waals surface area (Å²) in [6, 6.07) is 4.91. The molecule has 9 heteroatoms. The van der Waals surface area contributed by atoms with Gasteiger partial charge in [-0.2, -0.15) is 4.31 Å². The molecule has 2 fully saturated rings. The van der Waals surface area contributed by atoms with E-state index in [0.717, 1.165) is 18.0 Å². The summed E-state index contributed by atoms with van der Waals surface area (Å²) in [5, 5.41) is 1.54. The van der Waals surface area contributed by atoms with Crippen LogP contribution in [0.25, 0.3) is 0 Å². The van der Waals surface area contributed by atoms with Gasteiger partial charge < -0.3 is 14.0 Å². The van der Waals surface area contributed by atoms with Crippen LogP contribution in [-0.4, -0.2) is 53.8 Å². The Morgan fingerprint density at radius 3 is 2.50 bits per heavy atom. The number of rotatable bonds is 4. The van der Waals surface area contributed by atoms with Crippen molar-refractivity contribution in [1.82, 2.24) is 13.9 Å². The molecule has 2 atom stereocenters. The van der Waals surface area contributed by atoms with Crippen molar-refractivity contribution >= 4 is 21.8 Å². The van der Waals surface area contributed by atoms with Crippen molar-refractivity contribution < 1.29 is 17.9 Å². The van der Waals surface area contributed by atoms with Crippen LogP contribution >= 0.6 is 11.8 Å². The molecule has 0 N–H and O–H groups in total. The Morgan fingerprint density at radius 2 is 1.82 bits per heavy atom. The van der Waals surface area contributed by atoms with Crippen molar-refractivity contribution in [2.75, 3.05) is 26.3 Å². The van der Waals surface area contributed by atoms with E-state index in [2.05, 4.69) is 4.98 Å². The lowest BCUT2D eigenvalue weighted by Gasteiger charge is -2.22. The fourth-order valence-electron chi connectivity index (χ4n) is 4.44. The molecule has 1 aliphatic carbocycles. The summed E-state index contributed by atoms with van der Waals surface area (Å²) in [6.45, 7) is 2.13. The van der Waals surface area contributed by atoms with Gasteiger partial charge in [-0.3, -0.25) is 0 Å². The Kier molecular flexibility index (Phi) is 4.56. The smallest absolute Gasteiger partial charge is 0.243 e. The van der Waals surface area contributed by atoms with E-state index in [1.165, 1.54) is 0 Å². The maximum absolute atomic E-state index is 13.1. The predicted octanol–water partition coefficient (Wildman–Crippen LogP) is 2.38. The molecular formula is C19H23N3O4S2. The number of hydrogen-bond acceptors (Lipinski definition) is 6. The van der Waals surface area contributed by atoms with Gasteiger partial charge in [0.25, 0.3) is 0 Å². The molecule has 0 unspecified atom stereocenters. The van der Waals surface area contributed by atoms with Crippen LogP contribution in [0, 0.1) is 11.8 Å². The summed E-state index contributed by atoms with van der Waals surface area (Å²) in [5.41, 5.74) is 0. The third-order valence-electron chi connectivity index (χ3n) is 5.87. The Morgan fingerprint density at radius 1 is 1.11 bits per heavy atom. The van der Waals surface area contributed by atoms with E-state index < -0.39 is 10.0 Å². The second-order valence-electron chi connectivity index (χ2n) is 7.68. The maximum atomic E-state index is 13.1. The van der Waals surface area contributed by atoms with Gasteiger partial charge >= 0.3 is 0 Å². The molecule has 3 aliphatic rings. The second kappa shape index (κ2) is 6.96. The van der Waals surface area contributed by atoms with Crippen molar-refractivity contribution in [3.8, 4) is 11.5 Å². The van der Waals surface area contributed by atoms with Crippen LogP contribution in [0.1, 0.15) is 12.8 Å². The average Bonchev–Trinajstić information content (AvgIpc) is 3.37. The lowest BCUT2D eigenvalue weighted by Crippen LogP contribution is -2.30. The average molecular weight is 422 g/mol. The number of imidazole rings is 1. The third-order valence-corrected chi connectivity index (χ3v) is 9.02. The fraction of sp³-hybridized carbons (Fsp3) is 0.526. The lowest BCUT2D eigenvalue weighted by molar-refractivity contribution is 0.171. The number of nitrogens with zero attached hydrogens (tertiary/aromatic N) is 3. The molecule has 0 amide bonds. The van der Waals surface area contributed by atoms with E-state index in [4.69, 9.17) is 9.47 Å². The van der Waals surface area contributed by atoms with E-state index in [1.54, 1.807) is 22.5 Å². The maximum Gasteiger partial charge on any atom is 0.243 e. The first-order chi connectivity index (χ1) is 13.5. The molecule has 7 nitrogen and oxygen atoms in total. The zero-order chi connectivity index (χ0) is 19.3. The summed E-state index contributed by atoms with van der Waals surface area (Å²) < 4.78 is 41.0. The summed E-state index contributed by atoms with van der Waals surface area (Å²) in [6.07, 6.45) is 5.85. The fourth-order valence-corrected chi connectivity index (χ4v) is 7.34. The molecule has 0 bridgehead atoms. The first-order valence-electron chi connectivity index (χ1n) is 9.54. The van der Waals surface area contributed by atoms with E-state index in [9.17, 15) is 8.42 Å². The number of ether oxygens (including phenoxy) is 2. The number of sulfonamides is 1. The highest BCUT2D eigenvalue weighted by Crippen LogP contribution is 2.46. The van der Waals surface area contributed by atoms with Crippen LogP contribution in [0.2, 0.25) is 0 Å². The monoisotopic (exact) mass is 421 g/mol. The summed E-state index contributed by atoms with van der Waals surface area (Å²) in [7, 11) is -1.51. The van der Waals surface area contributed by atoms with Gasteiger partial charge in [-0.1, -0.05) is 11.8 Å². The minimum atomic E-state index is -3.51. The normalized spacial score (nSPS) is 25.2. The van der Waals surface area contributed by atoms with Crippen molar-refractivity contribution in [3.05, 3.63) is 30.6 Å². The first-order valence-corrected chi connectivity index (χ1v) is 11.9. The molecule has 1 saturated heterocycles. The van der Waals surface area contributed by atoms with Gasteiger partial charge in [0.1, 0.15) is 13.2 Å². The van der Waals surface area contributed by atoms with Gasteiger partial charge in [0.15, 0.2) is 16.7 Å². The number of aromatic nitrogens is 2. The van der Waals surface area contributed by atoms with Crippen molar-refractivity contribution in [2.45, 2.75) is 28.1 Å². The minimum Gasteiger partial charge on any atom is -0.486 e. The van der Waals surface area contributed by atoms with Crippen molar-refractivity contribution in [2.24, 2.45) is 18.9 Å². The number of thioether (sulfide) groups is 1. The van der Waals surface area contributed by atoms with Crippen LogP contribution in [0.15, 0.2) is 40.6 Å². The molecule has 2 aromatic rings. The van der Waals surface area contributed by atoms with Crippen LogP contribution in [-0.2, 0) is 17.1 Å². The van der Waals surface area contributed by atoms with Gasteiger partial charge in [-0.05, 0) is 36.8 Å². The molecule has 1 saturated carbocycles. The van der Waals surface area contributed by atoms with Crippen LogP contribution in [0.4, 0.5) is 0 Å². The first kappa shape index (κ1) is 18.3. The van der Waals surface area contributed by atoms with Crippen molar-refractivity contribution in [1.29, 1.82) is 0 Å². The van der Waals surface area contributed by atoms with Crippen LogP contribution in [0.3, 0.4) is 0 Å². The van der Waals surface area contributed by atoms with Gasteiger partial charge in [0.2, 0.25) is 10.0 Å². The van der Waals surface area contributed by atoms with Gasteiger partial charge in [-0.15, -0.1) is 0 Å². The quantitative estimate of drug-likeness (QED) is 0.755. The third kappa shape index (κ3) is 3.19. The van der Waals surface area contributed by atoms with Crippen molar-refractivity contribution in [3.63, 3.8) is 0 Å². The predicted molar refractivity (Wildman–Crippen MR) is 105 cm³/mol. The molecule has 0 radical (unpaired) electrons. The largest absolute Gasteiger partial charge is 0.486 e. The second-order valence-corrected chi connectivity index (χ2v) is 10.9. The molecule has 1 aromatic carbocycles. The molecular weight excluding hydrogens is 398 g/mol. The van der Waals surface area contributed by atoms with Crippen LogP contribution in [0.5, 0.6) is 11.5 Å². The Balaban J connectivity index is 1.27. The topological polar surface area (TPSA) is 73.7 Å². The van der Waals surface area contributed by atoms with E-state index >= 15 is 0 Å². The van der Waals surface area contributed by atoms with E-state index in [-0.39, 0.29) is 4.90 Å². The zero-order valence-electron chi connectivity index (χ0n) is 15.7. The molecule has 5 rings (SSSR count). The lowest BCUT2D eigenvalue weighted by atomic mass is 10.0. The SMILES string of the molecule is Cn1ccnc1SC1C[C@@H]2CN(S(=O)(=O)c3ccc4c(c3)OCCO4)C[C@H]2C1. The van der Waals surface area contributed by atoms with E-state index in [1.807, 2.05) is 35.8 Å². The van der Waals surface area contributed by atoms with Gasteiger partial charge in [0.05, 0.1) is 4.90 Å². The molecule has 28 heavy (non-hydrogen) atoms. The Bertz CT molecular complexity index is 977.